The summed E-state index contributed by atoms with van der Waals surface area (Å²) >= 11 is 2.23. The molecule has 0 saturated carbocycles. The molecule has 17 heavy (non-hydrogen) atoms. The van der Waals surface area contributed by atoms with Crippen molar-refractivity contribution in [3.63, 3.8) is 0 Å². The molecule has 1 aliphatic carbocycles. The molecule has 0 aromatic heterocycles. The zero-order chi connectivity index (χ0) is 12.7. The molecule has 0 aromatic carbocycles. The lowest BCUT2D eigenvalue weighted by atomic mass is 9.97. The molecule has 0 spiro atoms. The van der Waals surface area contributed by atoms with Gasteiger partial charge in [0.15, 0.2) is 0 Å². The van der Waals surface area contributed by atoms with Crippen molar-refractivity contribution in [2.24, 2.45) is 5.92 Å². The monoisotopic (exact) mass is 264 g/mol. The third-order valence-electron chi connectivity index (χ3n) is 4.36. The van der Waals surface area contributed by atoms with E-state index in [9.17, 15) is 0 Å². The molecule has 0 fully saturated rings. The molecule has 1 heterocycles. The Morgan fingerprint density at radius 1 is 1.12 bits per heavy atom. The number of allylic oxidation sites excluding steroid dienone is 5. The van der Waals surface area contributed by atoms with Crippen molar-refractivity contribution in [1.29, 1.82) is 0 Å². The Hall–Kier alpha value is -0.213. The second-order valence-electron chi connectivity index (χ2n) is 6.46. The molecule has 1 atom stereocenters. The first kappa shape index (κ1) is 13.2. The molecule has 0 saturated heterocycles. The molecule has 0 amide bonds. The van der Waals surface area contributed by atoms with E-state index in [1.165, 1.54) is 12.2 Å². The van der Waals surface area contributed by atoms with E-state index in [0.29, 0.717) is 10.3 Å². The molecule has 2 rings (SSSR count). The fraction of sp³-hybridized carbons (Fsp3) is 0.600. The Labute approximate surface area is 111 Å². The number of rotatable bonds is 2. The van der Waals surface area contributed by atoms with Crippen LogP contribution >= 0.6 is 11.8 Å². The summed E-state index contributed by atoms with van der Waals surface area (Å²) < 4.78 is 0.472. The van der Waals surface area contributed by atoms with E-state index in [4.69, 9.17) is 0 Å². The van der Waals surface area contributed by atoms with Gasteiger partial charge in [-0.3, -0.25) is 0 Å². The van der Waals surface area contributed by atoms with Crippen molar-refractivity contribution >= 4 is 19.8 Å². The minimum Gasteiger partial charge on any atom is -0.153 e. The standard InChI is InChI=1S/C15H24SSi/c1-12-10-15(17(3,4)5,16-11-13(12)2)14-8-6-7-9-14/h6-9,14H,10-11H2,1-5H3. The zero-order valence-corrected chi connectivity index (χ0v) is 13.5. The Morgan fingerprint density at radius 2 is 1.71 bits per heavy atom. The Morgan fingerprint density at radius 3 is 2.18 bits per heavy atom. The molecule has 0 N–H and O–H groups in total. The van der Waals surface area contributed by atoms with Crippen LogP contribution in [0.2, 0.25) is 19.6 Å². The summed E-state index contributed by atoms with van der Waals surface area (Å²) in [5.41, 5.74) is 3.25. The summed E-state index contributed by atoms with van der Waals surface area (Å²) in [7, 11) is -1.22. The maximum Gasteiger partial charge on any atom is 0.0642 e. The van der Waals surface area contributed by atoms with E-state index in [2.05, 4.69) is 69.6 Å². The van der Waals surface area contributed by atoms with Crippen LogP contribution in [0.4, 0.5) is 0 Å². The van der Waals surface area contributed by atoms with Gasteiger partial charge in [0.25, 0.3) is 0 Å². The van der Waals surface area contributed by atoms with E-state index in [-0.39, 0.29) is 0 Å². The van der Waals surface area contributed by atoms with Crippen LogP contribution < -0.4 is 0 Å². The first-order valence-corrected chi connectivity index (χ1v) is 11.0. The van der Waals surface area contributed by atoms with Gasteiger partial charge in [-0.2, -0.15) is 11.8 Å². The van der Waals surface area contributed by atoms with Crippen molar-refractivity contribution in [2.45, 2.75) is 44.3 Å². The van der Waals surface area contributed by atoms with E-state index in [1.807, 2.05) is 0 Å². The summed E-state index contributed by atoms with van der Waals surface area (Å²) in [5, 5.41) is 0. The van der Waals surface area contributed by atoms with E-state index >= 15 is 0 Å². The third-order valence-corrected chi connectivity index (χ3v) is 11.2. The Bertz CT molecular complexity index is 386. The van der Waals surface area contributed by atoms with Crippen LogP contribution in [0.25, 0.3) is 0 Å². The van der Waals surface area contributed by atoms with Crippen LogP contribution in [0.15, 0.2) is 35.5 Å². The second-order valence-corrected chi connectivity index (χ2v) is 13.5. The highest BCUT2D eigenvalue weighted by molar-refractivity contribution is 8.02. The predicted molar refractivity (Wildman–Crippen MR) is 83.3 cm³/mol. The largest absolute Gasteiger partial charge is 0.153 e. The molecular formula is C15H24SSi. The predicted octanol–water partition coefficient (Wildman–Crippen LogP) is 4.82. The lowest BCUT2D eigenvalue weighted by Crippen LogP contribution is -2.55. The van der Waals surface area contributed by atoms with Crippen LogP contribution in [0.1, 0.15) is 20.3 Å². The van der Waals surface area contributed by atoms with Gasteiger partial charge < -0.3 is 0 Å². The average molecular weight is 265 g/mol. The highest BCUT2D eigenvalue weighted by Crippen LogP contribution is 2.51. The zero-order valence-electron chi connectivity index (χ0n) is 11.7. The van der Waals surface area contributed by atoms with Gasteiger partial charge in [0, 0.05) is 16.0 Å². The van der Waals surface area contributed by atoms with Gasteiger partial charge in [-0.05, 0) is 20.3 Å². The maximum atomic E-state index is 2.54. The highest BCUT2D eigenvalue weighted by Gasteiger charge is 2.49. The Balaban J connectivity index is 2.40. The molecule has 0 bridgehead atoms. The first-order chi connectivity index (χ1) is 7.87. The first-order valence-electron chi connectivity index (χ1n) is 6.51. The van der Waals surface area contributed by atoms with Gasteiger partial charge in [-0.1, -0.05) is 55.1 Å². The third kappa shape index (κ3) is 2.22. The molecule has 2 heteroatoms. The SMILES string of the molecule is CC1=C(C)CC(C2C=CC=C2)([Si](C)(C)C)SC1. The molecule has 1 unspecified atom stereocenters. The van der Waals surface area contributed by atoms with Gasteiger partial charge in [0.1, 0.15) is 0 Å². The van der Waals surface area contributed by atoms with E-state index in [0.717, 1.165) is 0 Å². The lowest BCUT2D eigenvalue weighted by molar-refractivity contribution is 0.633. The minimum absolute atomic E-state index is 0.472. The minimum atomic E-state index is -1.22. The summed E-state index contributed by atoms with van der Waals surface area (Å²) in [4.78, 5) is 0. The number of hydrogen-bond acceptors (Lipinski definition) is 1. The average Bonchev–Trinajstić information content (AvgIpc) is 2.74. The fourth-order valence-corrected chi connectivity index (χ4v) is 8.22. The van der Waals surface area contributed by atoms with E-state index in [1.54, 1.807) is 11.1 Å². The number of hydrogen-bond donors (Lipinski definition) is 0. The quantitative estimate of drug-likeness (QED) is 0.509. The van der Waals surface area contributed by atoms with E-state index < -0.39 is 8.07 Å². The second kappa shape index (κ2) is 4.47. The topological polar surface area (TPSA) is 0 Å². The van der Waals surface area contributed by atoms with Crippen molar-refractivity contribution in [3.8, 4) is 0 Å². The van der Waals surface area contributed by atoms with Crippen molar-refractivity contribution in [1.82, 2.24) is 0 Å². The molecule has 0 aromatic rings. The van der Waals surface area contributed by atoms with Crippen molar-refractivity contribution in [3.05, 3.63) is 35.5 Å². The highest BCUT2D eigenvalue weighted by atomic mass is 32.2. The summed E-state index contributed by atoms with van der Waals surface area (Å²) in [6.45, 7) is 12.2. The summed E-state index contributed by atoms with van der Waals surface area (Å²) in [6, 6.07) is 0. The van der Waals surface area contributed by atoms with Crippen LogP contribution in [0, 0.1) is 5.92 Å². The molecule has 0 nitrogen and oxygen atoms in total. The van der Waals surface area contributed by atoms with Gasteiger partial charge >= 0.3 is 0 Å². The van der Waals surface area contributed by atoms with Gasteiger partial charge in [-0.15, -0.1) is 0 Å². The van der Waals surface area contributed by atoms with Gasteiger partial charge in [0.2, 0.25) is 0 Å². The van der Waals surface area contributed by atoms with Crippen LogP contribution in [-0.4, -0.2) is 18.2 Å². The lowest BCUT2D eigenvalue weighted by Gasteiger charge is -2.49. The van der Waals surface area contributed by atoms with Gasteiger partial charge in [-0.25, -0.2) is 0 Å². The van der Waals surface area contributed by atoms with Crippen LogP contribution in [0.3, 0.4) is 0 Å². The summed E-state index contributed by atoms with van der Waals surface area (Å²) in [6.07, 6.45) is 10.6. The molecule has 94 valence electrons. The molecule has 0 radical (unpaired) electrons. The van der Waals surface area contributed by atoms with Crippen molar-refractivity contribution in [2.75, 3.05) is 5.75 Å². The molecular weight excluding hydrogens is 240 g/mol. The Kier molecular flexibility index (Phi) is 3.48. The summed E-state index contributed by atoms with van der Waals surface area (Å²) in [5.74, 6) is 1.89. The normalized spacial score (nSPS) is 30.4. The van der Waals surface area contributed by atoms with Gasteiger partial charge in [0.05, 0.1) is 8.07 Å². The number of thioether (sulfide) groups is 1. The van der Waals surface area contributed by atoms with Crippen LogP contribution in [-0.2, 0) is 0 Å². The van der Waals surface area contributed by atoms with Crippen molar-refractivity contribution < 1.29 is 0 Å². The fourth-order valence-electron chi connectivity index (χ4n) is 2.89. The smallest absolute Gasteiger partial charge is 0.0642 e. The molecule has 1 aliphatic heterocycles. The molecule has 2 aliphatic rings. The maximum absolute atomic E-state index is 2.54. The van der Waals surface area contributed by atoms with Crippen LogP contribution in [0.5, 0.6) is 0 Å².